The number of H-pyrrole nitrogens is 1. The van der Waals surface area contributed by atoms with E-state index in [1.54, 1.807) is 4.90 Å². The van der Waals surface area contributed by atoms with E-state index in [4.69, 9.17) is 10.7 Å². The highest BCUT2D eigenvalue weighted by molar-refractivity contribution is 8.13. The fourth-order valence-electron chi connectivity index (χ4n) is 2.17. The lowest BCUT2D eigenvalue weighted by atomic mass is 10.2. The van der Waals surface area contributed by atoms with Crippen LogP contribution in [0.25, 0.3) is 0 Å². The van der Waals surface area contributed by atoms with Crippen LogP contribution in [0.4, 0.5) is 0 Å². The van der Waals surface area contributed by atoms with Crippen LogP contribution in [0.15, 0.2) is 4.90 Å². The molecule has 20 heavy (non-hydrogen) atoms. The maximum absolute atomic E-state index is 12.5. The van der Waals surface area contributed by atoms with Gasteiger partial charge in [-0.3, -0.25) is 9.89 Å². The average molecular weight is 320 g/mol. The number of nitrogens with zero attached hydrogens (tertiary/aromatic N) is 2. The van der Waals surface area contributed by atoms with Gasteiger partial charge in [0.05, 0.1) is 5.69 Å². The van der Waals surface area contributed by atoms with Crippen LogP contribution in [0.5, 0.6) is 0 Å². The molecule has 2 rings (SSSR count). The Morgan fingerprint density at radius 2 is 2.15 bits per heavy atom. The highest BCUT2D eigenvalue weighted by Gasteiger charge is 2.32. The number of halogens is 1. The molecule has 1 heterocycles. The lowest BCUT2D eigenvalue weighted by Gasteiger charge is -2.21. The van der Waals surface area contributed by atoms with E-state index in [0.29, 0.717) is 19.0 Å². The van der Waals surface area contributed by atoms with Gasteiger partial charge in [-0.05, 0) is 32.1 Å². The van der Waals surface area contributed by atoms with E-state index in [0.717, 1.165) is 19.3 Å². The molecule has 1 aliphatic rings. The molecular weight excluding hydrogens is 302 g/mol. The molecule has 0 radical (unpaired) electrons. The third-order valence-corrected chi connectivity index (χ3v) is 4.74. The zero-order valence-electron chi connectivity index (χ0n) is 11.5. The minimum Gasteiger partial charge on any atom is -0.337 e. The van der Waals surface area contributed by atoms with Crippen LogP contribution in [-0.2, 0) is 9.05 Å². The largest absolute Gasteiger partial charge is 0.337 e. The molecule has 8 heteroatoms. The van der Waals surface area contributed by atoms with Gasteiger partial charge in [0.25, 0.3) is 15.0 Å². The molecule has 0 spiro atoms. The number of aryl methyl sites for hydroxylation is 1. The number of rotatable bonds is 6. The van der Waals surface area contributed by atoms with Crippen molar-refractivity contribution in [3.8, 4) is 0 Å². The molecule has 0 aromatic carbocycles. The molecule has 6 nitrogen and oxygen atoms in total. The van der Waals surface area contributed by atoms with Crippen LogP contribution in [0.3, 0.4) is 0 Å². The molecule has 0 aliphatic heterocycles. The fraction of sp³-hybridized carbons (Fsp3) is 0.667. The number of nitrogens with one attached hydrogen (secondary N) is 1. The summed E-state index contributed by atoms with van der Waals surface area (Å²) in [6.45, 7) is 4.75. The van der Waals surface area contributed by atoms with Crippen molar-refractivity contribution in [3.05, 3.63) is 11.4 Å². The summed E-state index contributed by atoms with van der Waals surface area (Å²) >= 11 is 0. The quantitative estimate of drug-likeness (QED) is 0.812. The summed E-state index contributed by atoms with van der Waals surface area (Å²) in [5.41, 5.74) is 0.179. The molecule has 1 fully saturated rings. The first-order valence-electron chi connectivity index (χ1n) is 6.63. The lowest BCUT2D eigenvalue weighted by Crippen LogP contribution is -2.34. The molecule has 1 aromatic rings. The molecule has 1 aliphatic carbocycles. The Kier molecular flexibility index (Phi) is 4.39. The van der Waals surface area contributed by atoms with Gasteiger partial charge in [-0.15, -0.1) is 0 Å². The van der Waals surface area contributed by atoms with Crippen molar-refractivity contribution in [2.45, 2.75) is 38.0 Å². The molecule has 1 amide bonds. The number of carbonyl (C=O) groups is 1. The van der Waals surface area contributed by atoms with Crippen molar-refractivity contribution in [2.24, 2.45) is 5.92 Å². The Hall–Kier alpha value is -1.08. The first kappa shape index (κ1) is 15.3. The Labute approximate surface area is 122 Å². The topological polar surface area (TPSA) is 83.1 Å². The van der Waals surface area contributed by atoms with E-state index in [-0.39, 0.29) is 22.2 Å². The SMILES string of the molecule is CCCN(CC1CC1)C(=O)c1n[nH]c(C)c1S(=O)(=O)Cl. The molecule has 0 saturated heterocycles. The third kappa shape index (κ3) is 3.32. The van der Waals surface area contributed by atoms with Crippen LogP contribution in [0.2, 0.25) is 0 Å². The second kappa shape index (κ2) is 5.73. The van der Waals surface area contributed by atoms with E-state index < -0.39 is 9.05 Å². The summed E-state index contributed by atoms with van der Waals surface area (Å²) in [7, 11) is 1.40. The monoisotopic (exact) mass is 319 g/mol. The van der Waals surface area contributed by atoms with Gasteiger partial charge >= 0.3 is 0 Å². The number of hydrogen-bond donors (Lipinski definition) is 1. The Bertz CT molecular complexity index is 607. The van der Waals surface area contributed by atoms with Crippen molar-refractivity contribution in [3.63, 3.8) is 0 Å². The van der Waals surface area contributed by atoms with Gasteiger partial charge in [0.15, 0.2) is 5.69 Å². The summed E-state index contributed by atoms with van der Waals surface area (Å²) in [6, 6.07) is 0. The number of aromatic nitrogens is 2. The van der Waals surface area contributed by atoms with Gasteiger partial charge in [-0.1, -0.05) is 6.92 Å². The molecule has 112 valence electrons. The molecule has 1 saturated carbocycles. The number of aromatic amines is 1. The van der Waals surface area contributed by atoms with E-state index in [2.05, 4.69) is 10.2 Å². The molecular formula is C12H18ClN3O3S. The van der Waals surface area contributed by atoms with Crippen LogP contribution in [0, 0.1) is 12.8 Å². The molecule has 0 unspecified atom stereocenters. The van der Waals surface area contributed by atoms with Crippen molar-refractivity contribution in [1.82, 2.24) is 15.1 Å². The van der Waals surface area contributed by atoms with Gasteiger partial charge in [-0.2, -0.15) is 5.10 Å². The Morgan fingerprint density at radius 1 is 1.50 bits per heavy atom. The molecule has 1 aromatic heterocycles. The van der Waals surface area contributed by atoms with Crippen molar-refractivity contribution in [2.75, 3.05) is 13.1 Å². The number of carbonyl (C=O) groups excluding carboxylic acids is 1. The zero-order chi connectivity index (χ0) is 14.9. The maximum atomic E-state index is 12.5. The van der Waals surface area contributed by atoms with Crippen LogP contribution < -0.4 is 0 Å². The first-order chi connectivity index (χ1) is 9.34. The minimum absolute atomic E-state index is 0.105. The molecule has 1 N–H and O–H groups in total. The lowest BCUT2D eigenvalue weighted by molar-refractivity contribution is 0.0738. The highest BCUT2D eigenvalue weighted by Crippen LogP contribution is 2.31. The fourth-order valence-corrected chi connectivity index (χ4v) is 3.51. The standard InChI is InChI=1S/C12H18ClN3O3S/c1-3-6-16(7-9-4-5-9)12(17)10-11(20(13,18)19)8(2)14-15-10/h9H,3-7H2,1-2H3,(H,14,15). The second-order valence-electron chi connectivity index (χ2n) is 5.16. The average Bonchev–Trinajstić information content (AvgIpc) is 3.07. The summed E-state index contributed by atoms with van der Waals surface area (Å²) < 4.78 is 23.2. The third-order valence-electron chi connectivity index (χ3n) is 3.29. The van der Waals surface area contributed by atoms with Crippen LogP contribution >= 0.6 is 10.7 Å². The van der Waals surface area contributed by atoms with Crippen molar-refractivity contribution in [1.29, 1.82) is 0 Å². The first-order valence-corrected chi connectivity index (χ1v) is 8.94. The summed E-state index contributed by atoms with van der Waals surface area (Å²) in [6.07, 6.45) is 3.05. The van der Waals surface area contributed by atoms with Crippen LogP contribution in [0.1, 0.15) is 42.4 Å². The van der Waals surface area contributed by atoms with Gasteiger partial charge < -0.3 is 4.90 Å². The van der Waals surface area contributed by atoms with E-state index in [1.165, 1.54) is 6.92 Å². The minimum atomic E-state index is -4.00. The van der Waals surface area contributed by atoms with Gasteiger partial charge in [0.1, 0.15) is 4.90 Å². The summed E-state index contributed by atoms with van der Waals surface area (Å²) in [5.74, 6) is 0.156. The predicted molar refractivity (Wildman–Crippen MR) is 75.3 cm³/mol. The normalized spacial score (nSPS) is 15.3. The summed E-state index contributed by atoms with van der Waals surface area (Å²) in [5, 5.41) is 6.36. The highest BCUT2D eigenvalue weighted by atomic mass is 35.7. The smallest absolute Gasteiger partial charge is 0.275 e. The maximum Gasteiger partial charge on any atom is 0.275 e. The van der Waals surface area contributed by atoms with Gasteiger partial charge in [0.2, 0.25) is 0 Å². The number of hydrogen-bond acceptors (Lipinski definition) is 4. The summed E-state index contributed by atoms with van der Waals surface area (Å²) in [4.78, 5) is 14.0. The number of amides is 1. The van der Waals surface area contributed by atoms with E-state index >= 15 is 0 Å². The molecule has 0 atom stereocenters. The van der Waals surface area contributed by atoms with E-state index in [1.807, 2.05) is 6.92 Å². The van der Waals surface area contributed by atoms with E-state index in [9.17, 15) is 13.2 Å². The van der Waals surface area contributed by atoms with Crippen molar-refractivity contribution < 1.29 is 13.2 Å². The Morgan fingerprint density at radius 3 is 2.65 bits per heavy atom. The van der Waals surface area contributed by atoms with Crippen molar-refractivity contribution >= 4 is 25.6 Å². The predicted octanol–water partition coefficient (Wildman–Crippen LogP) is 1.91. The Balaban J connectivity index is 2.31. The molecule has 0 bridgehead atoms. The zero-order valence-corrected chi connectivity index (χ0v) is 13.1. The van der Waals surface area contributed by atoms with Gasteiger partial charge in [0, 0.05) is 23.8 Å². The van der Waals surface area contributed by atoms with Gasteiger partial charge in [-0.25, -0.2) is 8.42 Å². The van der Waals surface area contributed by atoms with Crippen LogP contribution in [-0.4, -0.2) is 42.5 Å². The second-order valence-corrected chi connectivity index (χ2v) is 7.66.